The summed E-state index contributed by atoms with van der Waals surface area (Å²) in [7, 11) is 0. The van der Waals surface area contributed by atoms with E-state index >= 15 is 0 Å². The summed E-state index contributed by atoms with van der Waals surface area (Å²) in [5.74, 6) is -2.02. The minimum atomic E-state index is -0.853. The van der Waals surface area contributed by atoms with Crippen molar-refractivity contribution in [3.05, 3.63) is 24.6 Å². The molecule has 0 atom stereocenters. The van der Waals surface area contributed by atoms with Gasteiger partial charge in [0.15, 0.2) is 0 Å². The van der Waals surface area contributed by atoms with Gasteiger partial charge in [-0.05, 0) is 0 Å². The molecule has 0 saturated heterocycles. The summed E-state index contributed by atoms with van der Waals surface area (Å²) in [5, 5.41) is 4.21. The monoisotopic (exact) mass is 197 g/mol. The molecule has 76 valence electrons. The average Bonchev–Trinajstić information content (AvgIpc) is 2.02. The lowest BCUT2D eigenvalue weighted by atomic mass is 10.4. The quantitative estimate of drug-likeness (QED) is 0.491. The molecule has 4 N–H and O–H groups in total. The number of rotatable bonds is 4. The molecule has 14 heavy (non-hydrogen) atoms. The average molecular weight is 197 g/mol. The summed E-state index contributed by atoms with van der Waals surface area (Å²) in [5.41, 5.74) is 4.37. The van der Waals surface area contributed by atoms with Crippen LogP contribution in [0.5, 0.6) is 0 Å². The van der Waals surface area contributed by atoms with Gasteiger partial charge < -0.3 is 16.4 Å². The first-order valence-electron chi connectivity index (χ1n) is 3.61. The Labute approximate surface area is 80.8 Å². The fourth-order valence-corrected chi connectivity index (χ4v) is 0.543. The molecule has 0 aromatic rings. The van der Waals surface area contributed by atoms with Crippen LogP contribution in [-0.4, -0.2) is 17.7 Å². The van der Waals surface area contributed by atoms with Gasteiger partial charge in [-0.25, -0.2) is 0 Å². The molecule has 0 saturated carbocycles. The lowest BCUT2D eigenvalue weighted by Gasteiger charge is -2.07. The first-order valence-corrected chi connectivity index (χ1v) is 3.61. The van der Waals surface area contributed by atoms with Gasteiger partial charge in [0.1, 0.15) is 0 Å². The van der Waals surface area contributed by atoms with Crippen molar-refractivity contribution in [1.29, 1.82) is 0 Å². The summed E-state index contributed by atoms with van der Waals surface area (Å²) < 4.78 is 0. The Morgan fingerprint density at radius 3 is 1.93 bits per heavy atom. The molecular formula is C8H11N3O3. The van der Waals surface area contributed by atoms with Crippen molar-refractivity contribution in [1.82, 2.24) is 10.6 Å². The molecule has 0 aliphatic rings. The highest BCUT2D eigenvalue weighted by molar-refractivity contribution is 6.02. The van der Waals surface area contributed by atoms with E-state index in [2.05, 4.69) is 23.8 Å². The maximum absolute atomic E-state index is 11.1. The summed E-state index contributed by atoms with van der Waals surface area (Å²) in [6.45, 7) is 7.69. The van der Waals surface area contributed by atoms with Gasteiger partial charge in [-0.1, -0.05) is 13.2 Å². The molecule has 6 nitrogen and oxygen atoms in total. The fourth-order valence-electron chi connectivity index (χ4n) is 0.543. The number of carbonyl (C=O) groups excluding carboxylic acids is 3. The zero-order valence-corrected chi connectivity index (χ0v) is 7.72. The Bertz CT molecular complexity index is 320. The first kappa shape index (κ1) is 11.9. The predicted molar refractivity (Wildman–Crippen MR) is 49.4 cm³/mol. The molecular weight excluding hydrogens is 186 g/mol. The van der Waals surface area contributed by atoms with Gasteiger partial charge in [0.2, 0.25) is 5.91 Å². The van der Waals surface area contributed by atoms with Gasteiger partial charge in [0.25, 0.3) is 11.8 Å². The van der Waals surface area contributed by atoms with Crippen LogP contribution in [0.4, 0.5) is 0 Å². The van der Waals surface area contributed by atoms with Crippen LogP contribution in [0.2, 0.25) is 0 Å². The van der Waals surface area contributed by atoms with Crippen LogP contribution in [0.3, 0.4) is 0 Å². The highest BCUT2D eigenvalue weighted by Gasteiger charge is 2.11. The van der Waals surface area contributed by atoms with E-state index in [4.69, 9.17) is 5.73 Å². The third-order valence-electron chi connectivity index (χ3n) is 1.16. The van der Waals surface area contributed by atoms with Gasteiger partial charge in [-0.15, -0.1) is 0 Å². The van der Waals surface area contributed by atoms with E-state index in [-0.39, 0.29) is 11.4 Å². The molecule has 0 aromatic carbocycles. The van der Waals surface area contributed by atoms with Crippen LogP contribution < -0.4 is 16.4 Å². The largest absolute Gasteiger partial charge is 0.364 e. The predicted octanol–water partition coefficient (Wildman–Crippen LogP) is -1.25. The highest BCUT2D eigenvalue weighted by Crippen LogP contribution is 1.88. The minimum Gasteiger partial charge on any atom is -0.364 e. The van der Waals surface area contributed by atoms with E-state index in [0.717, 1.165) is 0 Å². The number of carbonyl (C=O) groups is 3. The van der Waals surface area contributed by atoms with Crippen LogP contribution in [0.1, 0.15) is 6.92 Å². The van der Waals surface area contributed by atoms with E-state index < -0.39 is 17.7 Å². The number of hydrogen-bond donors (Lipinski definition) is 3. The maximum Gasteiger partial charge on any atom is 0.271 e. The second kappa shape index (κ2) is 4.80. The molecule has 0 fully saturated rings. The fraction of sp³-hybridized carbons (Fsp3) is 0.125. The van der Waals surface area contributed by atoms with Crippen molar-refractivity contribution in [2.45, 2.75) is 6.92 Å². The smallest absolute Gasteiger partial charge is 0.271 e. The van der Waals surface area contributed by atoms with Crippen molar-refractivity contribution < 1.29 is 14.4 Å². The second-order valence-electron chi connectivity index (χ2n) is 2.46. The Balaban J connectivity index is 4.22. The summed E-state index contributed by atoms with van der Waals surface area (Å²) in [4.78, 5) is 32.1. The van der Waals surface area contributed by atoms with Crippen LogP contribution in [0.15, 0.2) is 24.6 Å². The van der Waals surface area contributed by atoms with Crippen molar-refractivity contribution in [2.75, 3.05) is 0 Å². The lowest BCUT2D eigenvalue weighted by molar-refractivity contribution is -0.123. The molecule has 0 heterocycles. The van der Waals surface area contributed by atoms with Crippen LogP contribution in [0.25, 0.3) is 0 Å². The molecule has 0 bridgehead atoms. The standard InChI is InChI=1S/C8H11N3O3/c1-4(7(9)13)11-8(14)5(2)10-6(3)12/h1-2H2,3H3,(H2,9,13)(H,10,12)(H,11,14). The van der Waals surface area contributed by atoms with Crippen LogP contribution in [0, 0.1) is 0 Å². The zero-order valence-electron chi connectivity index (χ0n) is 7.72. The van der Waals surface area contributed by atoms with Gasteiger partial charge in [0.05, 0.1) is 11.4 Å². The third-order valence-corrected chi connectivity index (χ3v) is 1.16. The normalized spacial score (nSPS) is 8.64. The van der Waals surface area contributed by atoms with Crippen molar-refractivity contribution in [3.8, 4) is 0 Å². The number of primary amides is 1. The molecule has 6 heteroatoms. The van der Waals surface area contributed by atoms with E-state index in [9.17, 15) is 14.4 Å². The molecule has 0 rings (SSSR count). The number of nitrogens with two attached hydrogens (primary N) is 1. The van der Waals surface area contributed by atoms with Crippen molar-refractivity contribution in [2.24, 2.45) is 5.73 Å². The van der Waals surface area contributed by atoms with E-state index in [1.807, 2.05) is 0 Å². The molecule has 3 amide bonds. The SMILES string of the molecule is C=C(NC(=O)C(=C)NC(C)=O)C(N)=O. The van der Waals surface area contributed by atoms with E-state index in [1.165, 1.54) is 6.92 Å². The molecule has 0 radical (unpaired) electrons. The number of amides is 3. The van der Waals surface area contributed by atoms with Gasteiger partial charge in [0, 0.05) is 6.92 Å². The Kier molecular flexibility index (Phi) is 4.08. The third kappa shape index (κ3) is 4.05. The van der Waals surface area contributed by atoms with E-state index in [0.29, 0.717) is 0 Å². The first-order chi connectivity index (χ1) is 6.34. The minimum absolute atomic E-state index is 0.181. The Morgan fingerprint density at radius 1 is 1.07 bits per heavy atom. The Morgan fingerprint density at radius 2 is 1.57 bits per heavy atom. The van der Waals surface area contributed by atoms with Crippen LogP contribution in [-0.2, 0) is 14.4 Å². The van der Waals surface area contributed by atoms with Crippen LogP contribution >= 0.6 is 0 Å². The zero-order chi connectivity index (χ0) is 11.3. The van der Waals surface area contributed by atoms with Gasteiger partial charge in [-0.3, -0.25) is 14.4 Å². The molecule has 0 aliphatic carbocycles. The maximum atomic E-state index is 11.1. The second-order valence-corrected chi connectivity index (χ2v) is 2.46. The summed E-state index contributed by atoms with van der Waals surface area (Å²) >= 11 is 0. The van der Waals surface area contributed by atoms with Gasteiger partial charge in [-0.2, -0.15) is 0 Å². The van der Waals surface area contributed by atoms with Gasteiger partial charge >= 0.3 is 0 Å². The molecule has 0 aromatic heterocycles. The molecule has 0 aliphatic heterocycles. The molecule has 0 unspecified atom stereocenters. The topological polar surface area (TPSA) is 101 Å². The lowest BCUT2D eigenvalue weighted by Crippen LogP contribution is -2.36. The Hall–Kier alpha value is -2.11. The molecule has 0 spiro atoms. The van der Waals surface area contributed by atoms with Crippen molar-refractivity contribution >= 4 is 17.7 Å². The number of hydrogen-bond acceptors (Lipinski definition) is 3. The van der Waals surface area contributed by atoms with E-state index in [1.54, 1.807) is 0 Å². The number of nitrogens with one attached hydrogen (secondary N) is 2. The summed E-state index contributed by atoms with van der Waals surface area (Å²) in [6, 6.07) is 0. The highest BCUT2D eigenvalue weighted by atomic mass is 16.2. The van der Waals surface area contributed by atoms with Crippen molar-refractivity contribution in [3.63, 3.8) is 0 Å². The summed E-state index contributed by atoms with van der Waals surface area (Å²) in [6.07, 6.45) is 0.